The summed E-state index contributed by atoms with van der Waals surface area (Å²) in [4.78, 5) is 0. The molecule has 102 valence electrons. The molecule has 0 aliphatic carbocycles. The standard InChI is InChI=1S/C13H25F3Si/c1-4-8-17(9-5-2,10-6-3)11-7-12(14)13(15)16/h4-11H2,1-3H3. The zero-order chi connectivity index (χ0) is 13.3. The van der Waals surface area contributed by atoms with Crippen molar-refractivity contribution in [2.24, 2.45) is 0 Å². The molecule has 0 unspecified atom stereocenters. The first-order valence-electron chi connectivity index (χ1n) is 6.71. The molecule has 0 fully saturated rings. The summed E-state index contributed by atoms with van der Waals surface area (Å²) >= 11 is 0. The van der Waals surface area contributed by atoms with Crippen molar-refractivity contribution in [3.63, 3.8) is 0 Å². The molecule has 0 aromatic rings. The van der Waals surface area contributed by atoms with E-state index in [1.165, 1.54) is 0 Å². The third-order valence-corrected chi connectivity index (χ3v) is 9.41. The minimum absolute atomic E-state index is 0.0471. The van der Waals surface area contributed by atoms with Crippen LogP contribution < -0.4 is 0 Å². The molecular weight excluding hydrogens is 241 g/mol. The molecule has 0 N–H and O–H groups in total. The van der Waals surface area contributed by atoms with Crippen LogP contribution in [0, 0.1) is 0 Å². The lowest BCUT2D eigenvalue weighted by atomic mass is 10.4. The summed E-state index contributed by atoms with van der Waals surface area (Å²) in [5.41, 5.74) is 0. The highest BCUT2D eigenvalue weighted by atomic mass is 28.3. The fourth-order valence-corrected chi connectivity index (χ4v) is 8.24. The Morgan fingerprint density at radius 1 is 0.765 bits per heavy atom. The molecule has 0 amide bonds. The molecule has 0 rings (SSSR count). The Kier molecular flexibility index (Phi) is 8.65. The molecule has 0 nitrogen and oxygen atoms in total. The third kappa shape index (κ3) is 6.29. The highest BCUT2D eigenvalue weighted by Gasteiger charge is 2.30. The average molecular weight is 266 g/mol. The summed E-state index contributed by atoms with van der Waals surface area (Å²) in [6, 6.07) is 4.13. The zero-order valence-corrected chi connectivity index (χ0v) is 12.3. The fraction of sp³-hybridized carbons (Fsp3) is 0.846. The second kappa shape index (κ2) is 8.78. The van der Waals surface area contributed by atoms with E-state index in [1.807, 2.05) is 0 Å². The van der Waals surface area contributed by atoms with E-state index >= 15 is 0 Å². The summed E-state index contributed by atoms with van der Waals surface area (Å²) in [5, 5.41) is 0. The second-order valence-electron chi connectivity index (χ2n) is 4.92. The van der Waals surface area contributed by atoms with Gasteiger partial charge in [-0.2, -0.15) is 8.78 Å². The minimum Gasteiger partial charge on any atom is -0.206 e. The Labute approximate surface area is 104 Å². The lowest BCUT2D eigenvalue weighted by Crippen LogP contribution is -2.33. The van der Waals surface area contributed by atoms with Crippen LogP contribution in [0.2, 0.25) is 24.2 Å². The maximum absolute atomic E-state index is 12.9. The molecule has 0 radical (unpaired) electrons. The van der Waals surface area contributed by atoms with Crippen LogP contribution in [-0.4, -0.2) is 8.07 Å². The van der Waals surface area contributed by atoms with Crippen molar-refractivity contribution < 1.29 is 13.2 Å². The SMILES string of the molecule is CCC[Si](CCC)(CCC)CCC(F)=C(F)F. The Hall–Kier alpha value is -0.253. The van der Waals surface area contributed by atoms with Gasteiger partial charge in [0.1, 0.15) is 0 Å². The largest absolute Gasteiger partial charge is 0.301 e. The van der Waals surface area contributed by atoms with Gasteiger partial charge in [-0.05, 0) is 0 Å². The van der Waals surface area contributed by atoms with Crippen molar-refractivity contribution >= 4 is 8.07 Å². The first kappa shape index (κ1) is 16.7. The van der Waals surface area contributed by atoms with Crippen molar-refractivity contribution in [3.8, 4) is 0 Å². The van der Waals surface area contributed by atoms with Crippen LogP contribution in [0.5, 0.6) is 0 Å². The fourth-order valence-electron chi connectivity index (χ4n) is 2.81. The van der Waals surface area contributed by atoms with E-state index in [9.17, 15) is 13.2 Å². The van der Waals surface area contributed by atoms with E-state index < -0.39 is 20.0 Å². The Bertz CT molecular complexity index is 218. The summed E-state index contributed by atoms with van der Waals surface area (Å²) in [5.74, 6) is -1.19. The van der Waals surface area contributed by atoms with E-state index in [-0.39, 0.29) is 6.42 Å². The maximum atomic E-state index is 12.9. The Balaban J connectivity index is 4.59. The van der Waals surface area contributed by atoms with Gasteiger partial charge in [-0.1, -0.05) is 64.2 Å². The van der Waals surface area contributed by atoms with Crippen LogP contribution in [0.25, 0.3) is 0 Å². The number of halogens is 3. The summed E-state index contributed by atoms with van der Waals surface area (Å²) in [6.45, 7) is 6.40. The molecule has 0 aliphatic rings. The second-order valence-corrected chi connectivity index (χ2v) is 9.92. The van der Waals surface area contributed by atoms with Crippen LogP contribution in [0.1, 0.15) is 46.5 Å². The van der Waals surface area contributed by atoms with Gasteiger partial charge < -0.3 is 0 Å². The van der Waals surface area contributed by atoms with E-state index in [4.69, 9.17) is 0 Å². The molecule has 0 aromatic heterocycles. The van der Waals surface area contributed by atoms with Gasteiger partial charge >= 0.3 is 6.08 Å². The van der Waals surface area contributed by atoms with Gasteiger partial charge in [-0.25, -0.2) is 4.39 Å². The van der Waals surface area contributed by atoms with E-state index in [1.54, 1.807) is 0 Å². The highest BCUT2D eigenvalue weighted by molar-refractivity contribution is 6.79. The Morgan fingerprint density at radius 2 is 1.18 bits per heavy atom. The van der Waals surface area contributed by atoms with Crippen molar-refractivity contribution in [3.05, 3.63) is 11.9 Å². The van der Waals surface area contributed by atoms with Crippen molar-refractivity contribution in [2.75, 3.05) is 0 Å². The van der Waals surface area contributed by atoms with Gasteiger partial charge in [-0.3, -0.25) is 0 Å². The topological polar surface area (TPSA) is 0 Å². The third-order valence-electron chi connectivity index (χ3n) is 3.42. The molecule has 17 heavy (non-hydrogen) atoms. The molecule has 0 spiro atoms. The van der Waals surface area contributed by atoms with E-state index in [0.29, 0.717) is 6.04 Å². The van der Waals surface area contributed by atoms with Crippen molar-refractivity contribution in [1.29, 1.82) is 0 Å². The minimum atomic E-state index is -2.13. The number of allylic oxidation sites excluding steroid dienone is 1. The summed E-state index contributed by atoms with van der Waals surface area (Å²) in [7, 11) is -1.51. The van der Waals surface area contributed by atoms with Gasteiger partial charge in [0.2, 0.25) is 0 Å². The van der Waals surface area contributed by atoms with Gasteiger partial charge in [0.15, 0.2) is 5.83 Å². The molecular formula is C13H25F3Si. The van der Waals surface area contributed by atoms with Crippen LogP contribution >= 0.6 is 0 Å². The normalized spacial score (nSPS) is 11.6. The number of hydrogen-bond acceptors (Lipinski definition) is 0. The van der Waals surface area contributed by atoms with E-state index in [0.717, 1.165) is 37.4 Å². The molecule has 0 heterocycles. The van der Waals surface area contributed by atoms with Gasteiger partial charge in [0, 0.05) is 6.42 Å². The molecule has 0 saturated carbocycles. The molecule has 0 bridgehead atoms. The molecule has 4 heteroatoms. The molecule has 0 aromatic carbocycles. The van der Waals surface area contributed by atoms with Crippen LogP contribution in [0.4, 0.5) is 13.2 Å². The molecule has 0 aliphatic heterocycles. The predicted molar refractivity (Wildman–Crippen MR) is 70.8 cm³/mol. The monoisotopic (exact) mass is 266 g/mol. The lowest BCUT2D eigenvalue weighted by molar-refractivity contribution is 0.372. The van der Waals surface area contributed by atoms with Gasteiger partial charge in [0.05, 0.1) is 8.07 Å². The number of hydrogen-bond donors (Lipinski definition) is 0. The van der Waals surface area contributed by atoms with Gasteiger partial charge in [-0.15, -0.1) is 0 Å². The van der Waals surface area contributed by atoms with Crippen LogP contribution in [-0.2, 0) is 0 Å². The van der Waals surface area contributed by atoms with Crippen LogP contribution in [0.3, 0.4) is 0 Å². The first-order valence-corrected chi connectivity index (χ1v) is 9.53. The quantitative estimate of drug-likeness (QED) is 0.440. The highest BCUT2D eigenvalue weighted by Crippen LogP contribution is 2.33. The van der Waals surface area contributed by atoms with E-state index in [2.05, 4.69) is 20.8 Å². The average Bonchev–Trinajstić information content (AvgIpc) is 2.27. The maximum Gasteiger partial charge on any atom is 0.301 e. The molecule has 0 saturated heterocycles. The van der Waals surface area contributed by atoms with Crippen molar-refractivity contribution in [1.82, 2.24) is 0 Å². The predicted octanol–water partition coefficient (Wildman–Crippen LogP) is 6.13. The summed E-state index contributed by atoms with van der Waals surface area (Å²) in [6.07, 6.45) is 1.10. The Morgan fingerprint density at radius 3 is 1.47 bits per heavy atom. The lowest BCUT2D eigenvalue weighted by Gasteiger charge is -2.31. The van der Waals surface area contributed by atoms with Gasteiger partial charge in [0.25, 0.3) is 0 Å². The molecule has 0 atom stereocenters. The number of rotatable bonds is 9. The van der Waals surface area contributed by atoms with Crippen LogP contribution in [0.15, 0.2) is 11.9 Å². The summed E-state index contributed by atoms with van der Waals surface area (Å²) < 4.78 is 37.1. The zero-order valence-electron chi connectivity index (χ0n) is 11.3. The first-order chi connectivity index (χ1) is 8.01. The smallest absolute Gasteiger partial charge is 0.206 e. The van der Waals surface area contributed by atoms with Crippen molar-refractivity contribution in [2.45, 2.75) is 70.6 Å².